The molecule has 0 saturated heterocycles. The van der Waals surface area contributed by atoms with Gasteiger partial charge in [0, 0.05) is 31.8 Å². The molecule has 0 heterocycles. The lowest BCUT2D eigenvalue weighted by atomic mass is 10.1. The zero-order valence-electron chi connectivity index (χ0n) is 14.6. The van der Waals surface area contributed by atoms with Crippen LogP contribution in [-0.2, 0) is 16.1 Å². The minimum atomic E-state index is -0.292. The predicted molar refractivity (Wildman–Crippen MR) is 107 cm³/mol. The molecule has 6 heteroatoms. The summed E-state index contributed by atoms with van der Waals surface area (Å²) in [5.41, 5.74) is 2.20. The number of rotatable bonds is 6. The molecule has 2 rings (SSSR count). The Bertz CT molecular complexity index is 834. The Labute approximate surface area is 163 Å². The second kappa shape index (κ2) is 9.41. The van der Waals surface area contributed by atoms with Crippen molar-refractivity contribution in [3.05, 3.63) is 69.7 Å². The van der Waals surface area contributed by atoms with Crippen LogP contribution in [0.1, 0.15) is 25.0 Å². The first-order valence-electron chi connectivity index (χ1n) is 8.18. The summed E-state index contributed by atoms with van der Waals surface area (Å²) in [5.74, 6) is -0.302. The second-order valence-electron chi connectivity index (χ2n) is 5.66. The maximum Gasteiger partial charge on any atom is 0.248 e. The highest BCUT2D eigenvalue weighted by atomic mass is 35.5. The van der Waals surface area contributed by atoms with Gasteiger partial charge < -0.3 is 10.2 Å². The van der Waals surface area contributed by atoms with E-state index in [1.54, 1.807) is 35.2 Å². The highest BCUT2D eigenvalue weighted by molar-refractivity contribution is 6.42. The van der Waals surface area contributed by atoms with Crippen molar-refractivity contribution in [2.24, 2.45) is 0 Å². The summed E-state index contributed by atoms with van der Waals surface area (Å²) >= 11 is 12.1. The summed E-state index contributed by atoms with van der Waals surface area (Å²) in [6, 6.07) is 12.6. The topological polar surface area (TPSA) is 49.4 Å². The quantitative estimate of drug-likeness (QED) is 0.704. The number of benzene rings is 2. The van der Waals surface area contributed by atoms with Gasteiger partial charge in [0.15, 0.2) is 0 Å². The molecule has 4 nitrogen and oxygen atoms in total. The Morgan fingerprint density at radius 3 is 2.54 bits per heavy atom. The molecule has 0 unspecified atom stereocenters. The number of carbonyl (C=O) groups is 2. The van der Waals surface area contributed by atoms with Crippen LogP contribution in [0.15, 0.2) is 48.5 Å². The van der Waals surface area contributed by atoms with Crippen LogP contribution < -0.4 is 5.32 Å². The number of hydrogen-bond donors (Lipinski definition) is 1. The lowest BCUT2D eigenvalue weighted by Crippen LogP contribution is -2.28. The van der Waals surface area contributed by atoms with Gasteiger partial charge in [0.2, 0.25) is 11.8 Å². The van der Waals surface area contributed by atoms with Gasteiger partial charge in [0.25, 0.3) is 0 Å². The zero-order chi connectivity index (χ0) is 19.1. The molecule has 0 aliphatic rings. The molecule has 0 bridgehead atoms. The van der Waals surface area contributed by atoms with Gasteiger partial charge >= 0.3 is 0 Å². The fraction of sp³-hybridized carbons (Fsp3) is 0.200. The van der Waals surface area contributed by atoms with Crippen LogP contribution in [-0.4, -0.2) is 23.3 Å². The summed E-state index contributed by atoms with van der Waals surface area (Å²) < 4.78 is 0. The van der Waals surface area contributed by atoms with Crippen molar-refractivity contribution < 1.29 is 9.59 Å². The van der Waals surface area contributed by atoms with Crippen molar-refractivity contribution in [1.29, 1.82) is 0 Å². The summed E-state index contributed by atoms with van der Waals surface area (Å²) in [4.78, 5) is 25.6. The minimum Gasteiger partial charge on any atom is -0.339 e. The van der Waals surface area contributed by atoms with Crippen LogP contribution in [0.3, 0.4) is 0 Å². The molecule has 0 radical (unpaired) electrons. The van der Waals surface area contributed by atoms with Gasteiger partial charge in [0.05, 0.1) is 10.0 Å². The van der Waals surface area contributed by atoms with Crippen LogP contribution in [0.5, 0.6) is 0 Å². The van der Waals surface area contributed by atoms with E-state index < -0.39 is 0 Å². The number of nitrogens with one attached hydrogen (secondary N) is 1. The Morgan fingerprint density at radius 1 is 1.12 bits per heavy atom. The molecule has 2 aromatic rings. The summed E-state index contributed by atoms with van der Waals surface area (Å²) in [6.45, 7) is 4.49. The molecular formula is C20H20Cl2N2O2. The maximum atomic E-state index is 12.3. The van der Waals surface area contributed by atoms with Gasteiger partial charge in [-0.3, -0.25) is 9.59 Å². The first kappa shape index (κ1) is 20.0. The largest absolute Gasteiger partial charge is 0.339 e. The third-order valence-corrected chi connectivity index (χ3v) is 4.69. The predicted octanol–water partition coefficient (Wildman–Crippen LogP) is 5.01. The normalized spacial score (nSPS) is 10.8. The van der Waals surface area contributed by atoms with Gasteiger partial charge in [-0.15, -0.1) is 0 Å². The van der Waals surface area contributed by atoms with Crippen LogP contribution in [0.4, 0.5) is 5.69 Å². The molecule has 0 atom stereocenters. The molecule has 2 aromatic carbocycles. The Balaban J connectivity index is 2.13. The van der Waals surface area contributed by atoms with E-state index in [1.807, 2.05) is 25.1 Å². The number of anilines is 1. The monoisotopic (exact) mass is 390 g/mol. The molecule has 0 spiro atoms. The standard InChI is InChI=1S/C20H20Cl2N2O2/c1-3-24(14(2)25)13-16-7-4-5-10-18(16)23-19(26)12-11-15-8-6-9-17(21)20(15)22/h4-12H,3,13H2,1-2H3,(H,23,26)/b12-11+. The third kappa shape index (κ3) is 5.35. The lowest BCUT2D eigenvalue weighted by Gasteiger charge is -2.20. The van der Waals surface area contributed by atoms with E-state index in [1.165, 1.54) is 13.0 Å². The molecule has 2 amide bonds. The fourth-order valence-corrected chi connectivity index (χ4v) is 2.79. The van der Waals surface area contributed by atoms with Gasteiger partial charge in [-0.05, 0) is 36.3 Å². The molecule has 1 N–H and O–H groups in total. The van der Waals surface area contributed by atoms with Crippen molar-refractivity contribution in [2.45, 2.75) is 20.4 Å². The molecule has 0 saturated carbocycles. The number of nitrogens with zero attached hydrogens (tertiary/aromatic N) is 1. The van der Waals surface area contributed by atoms with Crippen molar-refractivity contribution in [3.8, 4) is 0 Å². The van der Waals surface area contributed by atoms with Crippen LogP contribution in [0.2, 0.25) is 10.0 Å². The molecule has 0 fully saturated rings. The van der Waals surface area contributed by atoms with E-state index in [2.05, 4.69) is 5.32 Å². The second-order valence-corrected chi connectivity index (χ2v) is 6.44. The van der Waals surface area contributed by atoms with Crippen molar-refractivity contribution in [3.63, 3.8) is 0 Å². The van der Waals surface area contributed by atoms with Gasteiger partial charge in [0.1, 0.15) is 0 Å². The number of halogens is 2. The van der Waals surface area contributed by atoms with Gasteiger partial charge in [-0.2, -0.15) is 0 Å². The van der Waals surface area contributed by atoms with E-state index in [-0.39, 0.29) is 11.8 Å². The maximum absolute atomic E-state index is 12.3. The summed E-state index contributed by atoms with van der Waals surface area (Å²) in [6.07, 6.45) is 3.01. The van der Waals surface area contributed by atoms with Crippen LogP contribution >= 0.6 is 23.2 Å². The highest BCUT2D eigenvalue weighted by Gasteiger charge is 2.11. The minimum absolute atomic E-state index is 0.0101. The number of hydrogen-bond acceptors (Lipinski definition) is 2. The smallest absolute Gasteiger partial charge is 0.248 e. The summed E-state index contributed by atoms with van der Waals surface area (Å²) in [5, 5.41) is 3.68. The Morgan fingerprint density at radius 2 is 1.85 bits per heavy atom. The lowest BCUT2D eigenvalue weighted by molar-refractivity contribution is -0.129. The third-order valence-electron chi connectivity index (χ3n) is 3.86. The number of amides is 2. The Kier molecular flexibility index (Phi) is 7.25. The first-order valence-corrected chi connectivity index (χ1v) is 8.94. The highest BCUT2D eigenvalue weighted by Crippen LogP contribution is 2.26. The van der Waals surface area contributed by atoms with Crippen molar-refractivity contribution in [2.75, 3.05) is 11.9 Å². The van der Waals surface area contributed by atoms with E-state index in [4.69, 9.17) is 23.2 Å². The van der Waals surface area contributed by atoms with E-state index in [0.717, 1.165) is 5.56 Å². The Hall–Kier alpha value is -2.30. The zero-order valence-corrected chi connectivity index (χ0v) is 16.1. The van der Waals surface area contributed by atoms with Crippen LogP contribution in [0, 0.1) is 0 Å². The van der Waals surface area contributed by atoms with Gasteiger partial charge in [-0.1, -0.05) is 53.5 Å². The molecule has 136 valence electrons. The van der Waals surface area contributed by atoms with Crippen molar-refractivity contribution in [1.82, 2.24) is 4.90 Å². The van der Waals surface area contributed by atoms with E-state index >= 15 is 0 Å². The molecule has 0 aromatic heterocycles. The first-order chi connectivity index (χ1) is 12.4. The molecular weight excluding hydrogens is 371 g/mol. The number of carbonyl (C=O) groups excluding carboxylic acids is 2. The van der Waals surface area contributed by atoms with Gasteiger partial charge in [-0.25, -0.2) is 0 Å². The SMILES string of the molecule is CCN(Cc1ccccc1NC(=O)/C=C/c1cccc(Cl)c1Cl)C(C)=O. The fourth-order valence-electron chi connectivity index (χ4n) is 2.42. The molecule has 26 heavy (non-hydrogen) atoms. The average molecular weight is 391 g/mol. The number of para-hydroxylation sites is 1. The van der Waals surface area contributed by atoms with E-state index in [9.17, 15) is 9.59 Å². The summed E-state index contributed by atoms with van der Waals surface area (Å²) in [7, 11) is 0. The average Bonchev–Trinajstić information content (AvgIpc) is 2.62. The van der Waals surface area contributed by atoms with E-state index in [0.29, 0.717) is 34.4 Å². The van der Waals surface area contributed by atoms with Crippen molar-refractivity contribution >= 4 is 46.8 Å². The van der Waals surface area contributed by atoms with Crippen LogP contribution in [0.25, 0.3) is 6.08 Å². The molecule has 0 aliphatic heterocycles. The molecule has 0 aliphatic carbocycles.